The molecule has 0 bridgehead atoms. The van der Waals surface area contributed by atoms with Crippen molar-refractivity contribution in [3.05, 3.63) is 24.3 Å². The Balaban J connectivity index is 2.44. The van der Waals surface area contributed by atoms with Gasteiger partial charge in [-0.1, -0.05) is 6.07 Å². The molecule has 0 aromatic heterocycles. The van der Waals surface area contributed by atoms with Crippen LogP contribution in [0.2, 0.25) is 0 Å². The van der Waals surface area contributed by atoms with Crippen molar-refractivity contribution in [2.45, 2.75) is 19.8 Å². The lowest BCUT2D eigenvalue weighted by Crippen LogP contribution is -2.15. The molecule has 1 N–H and O–H groups in total. The number of nitrogens with one attached hydrogen (secondary N) is 1. The Bertz CT molecular complexity index is 461. The Kier molecular flexibility index (Phi) is 7.89. The van der Waals surface area contributed by atoms with Crippen LogP contribution < -0.4 is 10.1 Å². The van der Waals surface area contributed by atoms with Crippen molar-refractivity contribution in [3.8, 4) is 5.75 Å². The van der Waals surface area contributed by atoms with E-state index in [1.807, 2.05) is 0 Å². The van der Waals surface area contributed by atoms with Crippen molar-refractivity contribution in [1.82, 2.24) is 0 Å². The molecule has 0 aliphatic rings. The quantitative estimate of drug-likeness (QED) is 0.557. The van der Waals surface area contributed by atoms with Gasteiger partial charge in [-0.2, -0.15) is 0 Å². The summed E-state index contributed by atoms with van der Waals surface area (Å²) in [5.74, 6) is -0.0150. The highest BCUT2D eigenvalue weighted by atomic mass is 16.6. The number of carbonyl (C=O) groups is 2. The van der Waals surface area contributed by atoms with Gasteiger partial charge in [0, 0.05) is 31.9 Å². The molecule has 6 nitrogen and oxygen atoms in total. The van der Waals surface area contributed by atoms with Crippen LogP contribution in [0.1, 0.15) is 19.8 Å². The average Bonchev–Trinajstić information content (AvgIpc) is 2.46. The molecule has 0 atom stereocenters. The molecule has 1 aromatic carbocycles. The maximum Gasteiger partial charge on any atom is 0.344 e. The first kappa shape index (κ1) is 17.0. The van der Waals surface area contributed by atoms with Gasteiger partial charge in [0.1, 0.15) is 5.75 Å². The largest absolute Gasteiger partial charge is 0.482 e. The van der Waals surface area contributed by atoms with Crippen LogP contribution >= 0.6 is 0 Å². The van der Waals surface area contributed by atoms with E-state index >= 15 is 0 Å². The standard InChI is InChI=1S/C15H21NO5/c1-3-20-15(18)11-21-13-7-4-6-12(10-13)16-14(17)8-5-9-19-2/h4,6-7,10H,3,5,8-9,11H2,1-2H3,(H,16,17). The topological polar surface area (TPSA) is 73.9 Å². The third-order valence-electron chi connectivity index (χ3n) is 2.53. The van der Waals surface area contributed by atoms with E-state index in [-0.39, 0.29) is 12.5 Å². The lowest BCUT2D eigenvalue weighted by atomic mass is 10.2. The van der Waals surface area contributed by atoms with Crippen LogP contribution in [-0.4, -0.2) is 38.8 Å². The highest BCUT2D eigenvalue weighted by Crippen LogP contribution is 2.17. The van der Waals surface area contributed by atoms with E-state index < -0.39 is 5.97 Å². The normalized spacial score (nSPS) is 10.0. The second-order valence-electron chi connectivity index (χ2n) is 4.27. The summed E-state index contributed by atoms with van der Waals surface area (Å²) < 4.78 is 15.0. The summed E-state index contributed by atoms with van der Waals surface area (Å²) in [4.78, 5) is 22.9. The number of benzene rings is 1. The number of methoxy groups -OCH3 is 1. The molecular formula is C15H21NO5. The first-order valence-electron chi connectivity index (χ1n) is 6.83. The molecule has 0 saturated heterocycles. The van der Waals surface area contributed by atoms with Crippen LogP contribution in [0.4, 0.5) is 5.69 Å². The van der Waals surface area contributed by atoms with E-state index in [0.717, 1.165) is 0 Å². The van der Waals surface area contributed by atoms with Gasteiger partial charge in [0.05, 0.1) is 6.61 Å². The molecule has 0 radical (unpaired) electrons. The molecule has 116 valence electrons. The lowest BCUT2D eigenvalue weighted by Gasteiger charge is -2.09. The molecule has 1 rings (SSSR count). The van der Waals surface area contributed by atoms with Crippen molar-refractivity contribution in [1.29, 1.82) is 0 Å². The number of anilines is 1. The fourth-order valence-electron chi connectivity index (χ4n) is 1.61. The van der Waals surface area contributed by atoms with Crippen molar-refractivity contribution in [2.24, 2.45) is 0 Å². The fraction of sp³-hybridized carbons (Fsp3) is 0.467. The molecule has 1 amide bonds. The van der Waals surface area contributed by atoms with Crippen LogP contribution in [0.15, 0.2) is 24.3 Å². The minimum atomic E-state index is -0.425. The van der Waals surface area contributed by atoms with E-state index in [9.17, 15) is 9.59 Å². The number of esters is 1. The summed E-state index contributed by atoms with van der Waals surface area (Å²) in [6, 6.07) is 6.87. The molecule has 0 aliphatic heterocycles. The first-order chi connectivity index (χ1) is 10.2. The smallest absolute Gasteiger partial charge is 0.344 e. The second kappa shape index (κ2) is 9.77. The second-order valence-corrected chi connectivity index (χ2v) is 4.27. The Hall–Kier alpha value is -2.08. The number of hydrogen-bond acceptors (Lipinski definition) is 5. The van der Waals surface area contributed by atoms with Gasteiger partial charge >= 0.3 is 5.97 Å². The van der Waals surface area contributed by atoms with Gasteiger partial charge in [0.25, 0.3) is 0 Å². The van der Waals surface area contributed by atoms with Crippen LogP contribution in [-0.2, 0) is 19.1 Å². The minimum absolute atomic E-state index is 0.0883. The lowest BCUT2D eigenvalue weighted by molar-refractivity contribution is -0.145. The zero-order chi connectivity index (χ0) is 15.5. The summed E-state index contributed by atoms with van der Waals surface area (Å²) in [7, 11) is 1.60. The van der Waals surface area contributed by atoms with E-state index in [0.29, 0.717) is 37.5 Å². The van der Waals surface area contributed by atoms with E-state index in [1.165, 1.54) is 0 Å². The molecule has 6 heteroatoms. The SMILES string of the molecule is CCOC(=O)COc1cccc(NC(=O)CCCOC)c1. The highest BCUT2D eigenvalue weighted by molar-refractivity contribution is 5.90. The molecule has 0 saturated carbocycles. The minimum Gasteiger partial charge on any atom is -0.482 e. The molecule has 0 aliphatic carbocycles. The highest BCUT2D eigenvalue weighted by Gasteiger charge is 2.05. The van der Waals surface area contributed by atoms with Gasteiger partial charge < -0.3 is 19.5 Å². The first-order valence-corrected chi connectivity index (χ1v) is 6.83. The van der Waals surface area contributed by atoms with Gasteiger partial charge in [-0.25, -0.2) is 4.79 Å². The monoisotopic (exact) mass is 295 g/mol. The maximum atomic E-state index is 11.7. The van der Waals surface area contributed by atoms with Gasteiger partial charge in [-0.05, 0) is 25.5 Å². The van der Waals surface area contributed by atoms with E-state index in [2.05, 4.69) is 5.32 Å². The molecular weight excluding hydrogens is 274 g/mol. The Morgan fingerprint density at radius 2 is 2.10 bits per heavy atom. The van der Waals surface area contributed by atoms with Gasteiger partial charge in [0.2, 0.25) is 5.91 Å². The number of ether oxygens (including phenoxy) is 3. The molecule has 0 unspecified atom stereocenters. The number of carbonyl (C=O) groups excluding carboxylic acids is 2. The van der Waals surface area contributed by atoms with Crippen LogP contribution in [0.5, 0.6) is 5.75 Å². The third kappa shape index (κ3) is 7.31. The van der Waals surface area contributed by atoms with Crippen molar-refractivity contribution in [3.63, 3.8) is 0 Å². The van der Waals surface area contributed by atoms with E-state index in [4.69, 9.17) is 14.2 Å². The van der Waals surface area contributed by atoms with Gasteiger partial charge in [-0.15, -0.1) is 0 Å². The van der Waals surface area contributed by atoms with Crippen LogP contribution in [0.3, 0.4) is 0 Å². The van der Waals surface area contributed by atoms with Crippen molar-refractivity contribution in [2.75, 3.05) is 32.2 Å². The molecule has 0 spiro atoms. The number of rotatable bonds is 9. The summed E-state index contributed by atoms with van der Waals surface area (Å²) in [6.07, 6.45) is 1.06. The number of hydrogen-bond donors (Lipinski definition) is 1. The molecule has 0 fully saturated rings. The van der Waals surface area contributed by atoms with Crippen LogP contribution in [0.25, 0.3) is 0 Å². The summed E-state index contributed by atoms with van der Waals surface area (Å²) >= 11 is 0. The Morgan fingerprint density at radius 3 is 2.81 bits per heavy atom. The number of amides is 1. The maximum absolute atomic E-state index is 11.7. The predicted octanol–water partition coefficient (Wildman–Crippen LogP) is 1.99. The molecule has 0 heterocycles. The van der Waals surface area contributed by atoms with Gasteiger partial charge in [0.15, 0.2) is 6.61 Å². The zero-order valence-corrected chi connectivity index (χ0v) is 12.4. The van der Waals surface area contributed by atoms with Gasteiger partial charge in [-0.3, -0.25) is 4.79 Å². The van der Waals surface area contributed by atoms with E-state index in [1.54, 1.807) is 38.3 Å². The fourth-order valence-corrected chi connectivity index (χ4v) is 1.61. The van der Waals surface area contributed by atoms with Crippen molar-refractivity contribution < 1.29 is 23.8 Å². The molecule has 1 aromatic rings. The summed E-state index contributed by atoms with van der Waals surface area (Å²) in [5, 5.41) is 2.76. The predicted molar refractivity (Wildman–Crippen MR) is 78.3 cm³/mol. The summed E-state index contributed by atoms with van der Waals surface area (Å²) in [5.41, 5.74) is 0.624. The Labute approximate surface area is 124 Å². The third-order valence-corrected chi connectivity index (χ3v) is 2.53. The van der Waals surface area contributed by atoms with Crippen LogP contribution in [0, 0.1) is 0 Å². The zero-order valence-electron chi connectivity index (χ0n) is 12.4. The average molecular weight is 295 g/mol. The summed E-state index contributed by atoms with van der Waals surface area (Å²) in [6.45, 7) is 2.45. The molecule has 21 heavy (non-hydrogen) atoms. The van der Waals surface area contributed by atoms with Crippen molar-refractivity contribution >= 4 is 17.6 Å². The Morgan fingerprint density at radius 1 is 1.29 bits per heavy atom.